The first kappa shape index (κ1) is 45.1. The highest BCUT2D eigenvalue weighted by atomic mass is 16.5. The molecule has 63 heavy (non-hydrogen) atoms. The van der Waals surface area contributed by atoms with Crippen molar-refractivity contribution in [3.63, 3.8) is 0 Å². The molecule has 0 saturated carbocycles. The Kier molecular flexibility index (Phi) is 16.1. The number of rotatable bonds is 14. The van der Waals surface area contributed by atoms with Crippen molar-refractivity contribution in [1.29, 1.82) is 0 Å². The first-order chi connectivity index (χ1) is 30.6. The van der Waals surface area contributed by atoms with E-state index in [1.807, 2.05) is 72.8 Å². The van der Waals surface area contributed by atoms with Gasteiger partial charge in [0, 0.05) is 41.5 Å². The summed E-state index contributed by atoms with van der Waals surface area (Å²) in [7, 11) is 3.33. The lowest BCUT2D eigenvalue weighted by Crippen LogP contribution is -2.12. The van der Waals surface area contributed by atoms with Gasteiger partial charge in [-0.3, -0.25) is 15.0 Å². The maximum atomic E-state index is 11.9. The number of nitrogens with zero attached hydrogens (tertiary/aromatic N) is 2. The lowest BCUT2D eigenvalue weighted by atomic mass is 9.89. The molecule has 0 spiro atoms. The first-order valence-corrected chi connectivity index (χ1v) is 21.0. The molecular formula is C54H56N4O5. The van der Waals surface area contributed by atoms with Crippen molar-refractivity contribution in [3.05, 3.63) is 226 Å². The molecule has 0 aliphatic heterocycles. The summed E-state index contributed by atoms with van der Waals surface area (Å²) in [5.41, 5.74) is 11.7. The fourth-order valence-corrected chi connectivity index (χ4v) is 7.40. The summed E-state index contributed by atoms with van der Waals surface area (Å²) in [6.07, 6.45) is 6.00. The molecule has 0 radical (unpaired) electrons. The highest BCUT2D eigenvalue weighted by Gasteiger charge is 2.19. The minimum Gasteiger partial charge on any atom is -0.508 e. The summed E-state index contributed by atoms with van der Waals surface area (Å²) in [6, 6.07) is 51.5. The van der Waals surface area contributed by atoms with Gasteiger partial charge in [-0.1, -0.05) is 108 Å². The van der Waals surface area contributed by atoms with Crippen molar-refractivity contribution in [2.45, 2.75) is 57.8 Å². The second kappa shape index (κ2) is 22.5. The predicted molar refractivity (Wildman–Crippen MR) is 250 cm³/mol. The van der Waals surface area contributed by atoms with Crippen LogP contribution in [0.4, 0.5) is 0 Å². The number of methoxy groups -OCH3 is 2. The smallest absolute Gasteiger partial charge is 0.137 e. The van der Waals surface area contributed by atoms with Crippen molar-refractivity contribution >= 4 is 5.78 Å². The summed E-state index contributed by atoms with van der Waals surface area (Å²) in [5, 5.41) is 33.1. The highest BCUT2D eigenvalue weighted by Crippen LogP contribution is 2.31. The molecule has 9 heteroatoms. The average Bonchev–Trinajstić information content (AvgIpc) is 4.06. The van der Waals surface area contributed by atoms with Gasteiger partial charge in [-0.25, -0.2) is 0 Å². The lowest BCUT2D eigenvalue weighted by Gasteiger charge is -2.17. The maximum absolute atomic E-state index is 11.9. The van der Waals surface area contributed by atoms with E-state index < -0.39 is 0 Å². The molecule has 4 N–H and O–H groups in total. The van der Waals surface area contributed by atoms with Crippen LogP contribution in [0.2, 0.25) is 0 Å². The number of phenols is 2. The third kappa shape index (κ3) is 13.3. The standard InChI is InChI=1S/C19H20N2O.C18H20O2.C17H16N2O2/c1-14-3-5-15(6-4-14)13-18(19-11-12-20-21-19)16-7-9-17(22-2)10-8-16;1-13-4-6-15(7-5-13)12-18(14(2)19)16-8-10-17(20-3)11-9-16;20-14-5-1-12(2-6-14)11-16(17-9-10-18-19-17)13-3-7-15(21)8-4-13/h3-12,18H,13H2,1-2H3,(H,20,21);4-11,18H,12H2,1-3H3;1-10,16,20-21H,11H2,(H,18,19). The molecule has 0 amide bonds. The SMILES string of the molecule is COc1ccc(C(Cc2ccc(C)cc2)C(C)=O)cc1.COc1ccc(C(Cc2ccc(C)cc2)c2ccn[nH]2)cc1.Oc1ccc(CC(c2ccc(O)cc2)c2ccn[nH]2)cc1. The number of H-pyrrole nitrogens is 2. The second-order valence-electron chi connectivity index (χ2n) is 15.7. The van der Waals surface area contributed by atoms with Gasteiger partial charge in [-0.05, 0) is 134 Å². The molecule has 9 nitrogen and oxygen atoms in total. The Balaban J connectivity index is 0.000000158. The van der Waals surface area contributed by atoms with Crippen LogP contribution >= 0.6 is 0 Å². The fraction of sp³-hybridized carbons (Fsp3) is 0.204. The van der Waals surface area contributed by atoms with Gasteiger partial charge in [-0.2, -0.15) is 10.2 Å². The van der Waals surface area contributed by atoms with Crippen molar-refractivity contribution in [2.24, 2.45) is 0 Å². The van der Waals surface area contributed by atoms with Crippen LogP contribution in [0.3, 0.4) is 0 Å². The summed E-state index contributed by atoms with van der Waals surface area (Å²) in [6.45, 7) is 5.83. The average molecular weight is 841 g/mol. The normalized spacial score (nSPS) is 12.1. The number of aromatic nitrogens is 4. The van der Waals surface area contributed by atoms with Crippen LogP contribution in [0.15, 0.2) is 170 Å². The Labute approximate surface area is 370 Å². The van der Waals surface area contributed by atoms with Crippen molar-refractivity contribution in [2.75, 3.05) is 14.2 Å². The number of hydrogen-bond acceptors (Lipinski definition) is 7. The molecule has 0 aliphatic rings. The summed E-state index contributed by atoms with van der Waals surface area (Å²) in [4.78, 5) is 11.9. The molecule has 6 aromatic carbocycles. The molecule has 8 aromatic rings. The number of aryl methyl sites for hydroxylation is 2. The van der Waals surface area contributed by atoms with Crippen LogP contribution in [0.25, 0.3) is 0 Å². The molecule has 322 valence electrons. The van der Waals surface area contributed by atoms with Crippen LogP contribution in [0, 0.1) is 13.8 Å². The number of nitrogens with one attached hydrogen (secondary N) is 2. The molecule has 0 aliphatic carbocycles. The Morgan fingerprint density at radius 2 is 0.841 bits per heavy atom. The zero-order chi connectivity index (χ0) is 44.6. The summed E-state index contributed by atoms with van der Waals surface area (Å²) < 4.78 is 10.4. The van der Waals surface area contributed by atoms with E-state index in [1.54, 1.807) is 57.8 Å². The van der Waals surface area contributed by atoms with Gasteiger partial charge in [0.25, 0.3) is 0 Å². The molecule has 0 fully saturated rings. The van der Waals surface area contributed by atoms with Crippen LogP contribution in [-0.4, -0.2) is 50.6 Å². The Hall–Kier alpha value is -7.39. The van der Waals surface area contributed by atoms with Gasteiger partial charge >= 0.3 is 0 Å². The number of ether oxygens (including phenoxy) is 2. The fourth-order valence-electron chi connectivity index (χ4n) is 7.40. The zero-order valence-corrected chi connectivity index (χ0v) is 36.5. The zero-order valence-electron chi connectivity index (χ0n) is 36.5. The van der Waals surface area contributed by atoms with E-state index >= 15 is 0 Å². The lowest BCUT2D eigenvalue weighted by molar-refractivity contribution is -0.118. The van der Waals surface area contributed by atoms with Crippen molar-refractivity contribution in [1.82, 2.24) is 20.4 Å². The summed E-state index contributed by atoms with van der Waals surface area (Å²) >= 11 is 0. The molecule has 8 rings (SSSR count). The molecule has 3 atom stereocenters. The van der Waals surface area contributed by atoms with Crippen molar-refractivity contribution < 1.29 is 24.5 Å². The molecule has 0 saturated heterocycles. The molecular weight excluding hydrogens is 785 g/mol. The minimum atomic E-state index is -0.0939. The Morgan fingerprint density at radius 1 is 0.492 bits per heavy atom. The number of Topliss-reactive ketones (excluding diaryl/α,β-unsaturated/α-hetero) is 1. The van der Waals surface area contributed by atoms with E-state index in [2.05, 4.69) is 94.9 Å². The number of phenolic OH excluding ortho intramolecular Hbond substituents is 2. The van der Waals surface area contributed by atoms with Crippen LogP contribution in [0.1, 0.15) is 80.6 Å². The maximum Gasteiger partial charge on any atom is 0.137 e. The Bertz CT molecular complexity index is 2540. The molecule has 0 bridgehead atoms. The largest absolute Gasteiger partial charge is 0.508 e. The van der Waals surface area contributed by atoms with Crippen LogP contribution < -0.4 is 9.47 Å². The number of hydrogen-bond donors (Lipinski definition) is 4. The molecule has 2 aromatic heterocycles. The van der Waals surface area contributed by atoms with Gasteiger partial charge in [0.15, 0.2) is 0 Å². The number of ketones is 1. The van der Waals surface area contributed by atoms with E-state index in [-0.39, 0.29) is 35.0 Å². The van der Waals surface area contributed by atoms with E-state index in [4.69, 9.17) is 9.47 Å². The van der Waals surface area contributed by atoms with Gasteiger partial charge in [0.1, 0.15) is 28.8 Å². The van der Waals surface area contributed by atoms with E-state index in [0.29, 0.717) is 0 Å². The van der Waals surface area contributed by atoms with E-state index in [0.717, 1.165) is 58.8 Å². The number of aromatic amines is 2. The van der Waals surface area contributed by atoms with Gasteiger partial charge < -0.3 is 19.7 Å². The van der Waals surface area contributed by atoms with Crippen molar-refractivity contribution in [3.8, 4) is 23.0 Å². The van der Waals surface area contributed by atoms with Crippen LogP contribution in [-0.2, 0) is 24.1 Å². The third-order valence-electron chi connectivity index (χ3n) is 11.1. The first-order valence-electron chi connectivity index (χ1n) is 21.0. The molecule has 3 unspecified atom stereocenters. The van der Waals surface area contributed by atoms with Crippen LogP contribution in [0.5, 0.6) is 23.0 Å². The number of aromatic hydroxyl groups is 2. The molecule has 2 heterocycles. The number of carbonyl (C=O) groups is 1. The summed E-state index contributed by atoms with van der Waals surface area (Å²) in [5.74, 6) is 2.69. The topological polar surface area (TPSA) is 133 Å². The monoisotopic (exact) mass is 840 g/mol. The highest BCUT2D eigenvalue weighted by molar-refractivity contribution is 5.83. The van der Waals surface area contributed by atoms with E-state index in [9.17, 15) is 15.0 Å². The number of carbonyl (C=O) groups excluding carboxylic acids is 1. The third-order valence-corrected chi connectivity index (χ3v) is 11.1. The van der Waals surface area contributed by atoms with E-state index in [1.165, 1.54) is 27.8 Å². The predicted octanol–water partition coefficient (Wildman–Crippen LogP) is 11.2. The second-order valence-corrected chi connectivity index (χ2v) is 15.7. The van der Waals surface area contributed by atoms with Gasteiger partial charge in [-0.15, -0.1) is 0 Å². The Morgan fingerprint density at radius 3 is 1.21 bits per heavy atom. The van der Waals surface area contributed by atoms with Gasteiger partial charge in [0.05, 0.1) is 14.2 Å². The van der Waals surface area contributed by atoms with Gasteiger partial charge in [0.2, 0.25) is 0 Å². The number of benzene rings is 6. The minimum absolute atomic E-state index is 0.0939. The quantitative estimate of drug-likeness (QED) is 0.0857.